The van der Waals surface area contributed by atoms with Gasteiger partial charge in [-0.1, -0.05) is 60.4 Å². The lowest BCUT2D eigenvalue weighted by Crippen LogP contribution is -2.13. The van der Waals surface area contributed by atoms with Crippen molar-refractivity contribution in [1.82, 2.24) is 10.2 Å². The summed E-state index contributed by atoms with van der Waals surface area (Å²) >= 11 is 2.22. The summed E-state index contributed by atoms with van der Waals surface area (Å²) in [5.74, 6) is 0.221. The van der Waals surface area contributed by atoms with E-state index >= 15 is 0 Å². The molecule has 30 heavy (non-hydrogen) atoms. The number of furan rings is 1. The second kappa shape index (κ2) is 9.71. The number of rotatable bonds is 8. The molecule has 0 saturated heterocycles. The van der Waals surface area contributed by atoms with E-state index in [2.05, 4.69) is 15.5 Å². The molecule has 3 aromatic rings. The molecule has 0 aliphatic carbocycles. The van der Waals surface area contributed by atoms with E-state index in [1.807, 2.05) is 30.3 Å². The summed E-state index contributed by atoms with van der Waals surface area (Å²) in [5, 5.41) is 19.6. The van der Waals surface area contributed by atoms with Crippen LogP contribution in [0.4, 0.5) is 5.13 Å². The number of hydrogen-bond acceptors (Lipinski definition) is 9. The largest absolute Gasteiger partial charge is 0.450 e. The fourth-order valence-electron chi connectivity index (χ4n) is 2.18. The van der Waals surface area contributed by atoms with Crippen molar-refractivity contribution in [3.05, 3.63) is 59.4 Å². The summed E-state index contributed by atoms with van der Waals surface area (Å²) in [5.41, 5.74) is 0.939. The predicted molar refractivity (Wildman–Crippen MR) is 115 cm³/mol. The molecule has 0 spiro atoms. The monoisotopic (exact) mass is 460 g/mol. The number of nitriles is 1. The van der Waals surface area contributed by atoms with E-state index in [-0.39, 0.29) is 20.8 Å². The molecule has 0 atom stereocenters. The van der Waals surface area contributed by atoms with Gasteiger partial charge in [0.15, 0.2) is 5.09 Å². The van der Waals surface area contributed by atoms with E-state index < -0.39 is 15.7 Å². The number of carbonyl (C=O) groups excluding carboxylic acids is 1. The van der Waals surface area contributed by atoms with E-state index in [0.29, 0.717) is 10.9 Å². The molecule has 3 rings (SSSR count). The SMILES string of the molecule is CCS(=O)(=O)c1nnc(NC(=O)/C(C#N)=C\c2ccc(SCc3ccccc3)o2)s1. The third-order valence-corrected chi connectivity index (χ3v) is 7.75. The van der Waals surface area contributed by atoms with E-state index in [1.54, 1.807) is 18.2 Å². The maximum absolute atomic E-state index is 12.3. The van der Waals surface area contributed by atoms with Gasteiger partial charge < -0.3 is 4.42 Å². The lowest BCUT2D eigenvalue weighted by Gasteiger charge is -1.99. The molecule has 1 aromatic carbocycles. The number of nitrogens with one attached hydrogen (secondary N) is 1. The van der Waals surface area contributed by atoms with E-state index in [1.165, 1.54) is 24.8 Å². The van der Waals surface area contributed by atoms with Crippen LogP contribution < -0.4 is 5.32 Å². The fraction of sp³-hybridized carbons (Fsp3) is 0.158. The van der Waals surface area contributed by atoms with Crippen LogP contribution in [0.3, 0.4) is 0 Å². The van der Waals surface area contributed by atoms with Crippen LogP contribution in [-0.2, 0) is 20.4 Å². The molecule has 11 heteroatoms. The zero-order valence-electron chi connectivity index (χ0n) is 15.7. The van der Waals surface area contributed by atoms with Crippen molar-refractivity contribution >= 4 is 50.1 Å². The van der Waals surface area contributed by atoms with Crippen LogP contribution in [-0.4, -0.2) is 30.3 Å². The van der Waals surface area contributed by atoms with Gasteiger partial charge in [0.2, 0.25) is 19.3 Å². The van der Waals surface area contributed by atoms with E-state index in [9.17, 15) is 18.5 Å². The summed E-state index contributed by atoms with van der Waals surface area (Å²) < 4.78 is 29.1. The standard InChI is InChI=1S/C19H16N4O4S3/c1-2-30(25,26)19-23-22-18(29-19)21-17(24)14(11-20)10-15-8-9-16(27-15)28-12-13-6-4-3-5-7-13/h3-10H,2,12H2,1H3,(H,21,22,24)/b14-10-. The van der Waals surface area contributed by atoms with E-state index in [0.717, 1.165) is 22.7 Å². The molecule has 0 saturated carbocycles. The number of aromatic nitrogens is 2. The van der Waals surface area contributed by atoms with Crippen LogP contribution >= 0.6 is 23.1 Å². The van der Waals surface area contributed by atoms with Gasteiger partial charge in [0.25, 0.3) is 5.91 Å². The summed E-state index contributed by atoms with van der Waals surface area (Å²) in [6.45, 7) is 1.49. The average molecular weight is 461 g/mol. The predicted octanol–water partition coefficient (Wildman–Crippen LogP) is 3.76. The highest BCUT2D eigenvalue weighted by atomic mass is 32.2. The normalized spacial score (nSPS) is 11.8. The minimum atomic E-state index is -3.51. The van der Waals surface area contributed by atoms with Crippen LogP contribution in [0, 0.1) is 11.3 Å². The van der Waals surface area contributed by atoms with Crippen molar-refractivity contribution in [3.63, 3.8) is 0 Å². The van der Waals surface area contributed by atoms with Gasteiger partial charge in [-0.3, -0.25) is 10.1 Å². The first-order valence-electron chi connectivity index (χ1n) is 8.67. The lowest BCUT2D eigenvalue weighted by molar-refractivity contribution is -0.112. The van der Waals surface area contributed by atoms with Gasteiger partial charge in [0.05, 0.1) is 5.75 Å². The zero-order valence-corrected chi connectivity index (χ0v) is 18.2. The molecular weight excluding hydrogens is 444 g/mol. The van der Waals surface area contributed by atoms with Crippen molar-refractivity contribution in [2.75, 3.05) is 11.1 Å². The third-order valence-electron chi connectivity index (χ3n) is 3.75. The Morgan fingerprint density at radius 2 is 2.03 bits per heavy atom. The molecule has 0 aliphatic heterocycles. The molecular formula is C19H16N4O4S3. The molecule has 0 unspecified atom stereocenters. The minimum Gasteiger partial charge on any atom is -0.450 e. The number of carbonyl (C=O) groups is 1. The molecule has 0 aliphatic rings. The van der Waals surface area contributed by atoms with Crippen molar-refractivity contribution < 1.29 is 17.6 Å². The van der Waals surface area contributed by atoms with Gasteiger partial charge in [0, 0.05) is 11.8 Å². The molecule has 0 radical (unpaired) electrons. The number of nitrogens with zero attached hydrogens (tertiary/aromatic N) is 3. The first-order chi connectivity index (χ1) is 14.4. The topological polar surface area (TPSA) is 126 Å². The van der Waals surface area contributed by atoms with Crippen LogP contribution in [0.1, 0.15) is 18.2 Å². The highest BCUT2D eigenvalue weighted by Crippen LogP contribution is 2.26. The highest BCUT2D eigenvalue weighted by Gasteiger charge is 2.20. The molecule has 1 N–H and O–H groups in total. The van der Waals surface area contributed by atoms with Crippen LogP contribution in [0.2, 0.25) is 0 Å². The maximum Gasteiger partial charge on any atom is 0.268 e. The molecule has 1 amide bonds. The Labute approximate surface area is 181 Å². The lowest BCUT2D eigenvalue weighted by atomic mass is 10.2. The van der Waals surface area contributed by atoms with Crippen LogP contribution in [0.25, 0.3) is 6.08 Å². The molecule has 2 heterocycles. The molecule has 0 bridgehead atoms. The summed E-state index contributed by atoms with van der Waals surface area (Å²) in [6.07, 6.45) is 1.31. The van der Waals surface area contributed by atoms with Crippen LogP contribution in [0.5, 0.6) is 0 Å². The number of sulfone groups is 1. The molecule has 2 aromatic heterocycles. The summed E-state index contributed by atoms with van der Waals surface area (Å²) in [6, 6.07) is 15.1. The van der Waals surface area contributed by atoms with Gasteiger partial charge in [-0.2, -0.15) is 5.26 Å². The third kappa shape index (κ3) is 5.56. The molecule has 8 nitrogen and oxygen atoms in total. The van der Waals surface area contributed by atoms with Gasteiger partial charge >= 0.3 is 0 Å². The second-order valence-corrected chi connectivity index (χ2v) is 10.2. The van der Waals surface area contributed by atoms with Gasteiger partial charge in [-0.25, -0.2) is 8.42 Å². The smallest absolute Gasteiger partial charge is 0.268 e. The maximum atomic E-state index is 12.3. The van der Waals surface area contributed by atoms with Gasteiger partial charge in [0.1, 0.15) is 17.4 Å². The quantitative estimate of drug-likeness (QED) is 0.233. The Bertz CT molecular complexity index is 1210. The minimum absolute atomic E-state index is 0.00766. The highest BCUT2D eigenvalue weighted by molar-refractivity contribution is 7.98. The number of anilines is 1. The summed E-state index contributed by atoms with van der Waals surface area (Å²) in [7, 11) is -3.51. The Morgan fingerprint density at radius 3 is 2.73 bits per heavy atom. The van der Waals surface area contributed by atoms with Gasteiger partial charge in [-0.15, -0.1) is 10.2 Å². The molecule has 0 fully saturated rings. The van der Waals surface area contributed by atoms with Crippen molar-refractivity contribution in [3.8, 4) is 6.07 Å². The molecule has 154 valence electrons. The fourth-order valence-corrected chi connectivity index (χ4v) is 4.99. The number of benzene rings is 1. The van der Waals surface area contributed by atoms with E-state index in [4.69, 9.17) is 4.42 Å². The number of amides is 1. The second-order valence-electron chi connectivity index (χ2n) is 5.83. The number of thioether (sulfide) groups is 1. The van der Waals surface area contributed by atoms with Crippen molar-refractivity contribution in [1.29, 1.82) is 5.26 Å². The number of hydrogen-bond donors (Lipinski definition) is 1. The first kappa shape index (κ1) is 21.8. The Morgan fingerprint density at radius 1 is 1.27 bits per heavy atom. The first-order valence-corrected chi connectivity index (χ1v) is 12.1. The zero-order chi connectivity index (χ0) is 21.6. The van der Waals surface area contributed by atoms with Gasteiger partial charge in [-0.05, 0) is 17.7 Å². The Balaban J connectivity index is 1.66. The average Bonchev–Trinajstić information content (AvgIpc) is 3.41. The van der Waals surface area contributed by atoms with Crippen molar-refractivity contribution in [2.45, 2.75) is 22.1 Å². The Hall–Kier alpha value is -2.94. The van der Waals surface area contributed by atoms with Crippen molar-refractivity contribution in [2.24, 2.45) is 0 Å². The summed E-state index contributed by atoms with van der Waals surface area (Å²) in [4.78, 5) is 12.3. The van der Waals surface area contributed by atoms with Crippen LogP contribution in [0.15, 0.2) is 61.9 Å². The Kier molecular flexibility index (Phi) is 7.04.